The predicted octanol–water partition coefficient (Wildman–Crippen LogP) is 3.38. The van der Waals surface area contributed by atoms with Gasteiger partial charge in [-0.05, 0) is 30.7 Å². The maximum atomic E-state index is 9.86. The van der Waals surface area contributed by atoms with Crippen molar-refractivity contribution in [3.63, 3.8) is 0 Å². The van der Waals surface area contributed by atoms with Crippen LogP contribution in [0, 0.1) is 0 Å². The number of hydrogen-bond donors (Lipinski definition) is 2. The lowest BCUT2D eigenvalue weighted by molar-refractivity contribution is 0.331. The van der Waals surface area contributed by atoms with Gasteiger partial charge in [0.2, 0.25) is 5.75 Å². The molecule has 2 aromatic carbocycles. The number of allylic oxidation sites excluding steroid dienone is 1. The van der Waals surface area contributed by atoms with Gasteiger partial charge in [0.05, 0.1) is 21.3 Å². The third-order valence-corrected chi connectivity index (χ3v) is 3.45. The first kappa shape index (κ1) is 16.5. The Bertz CT molecular complexity index is 707. The van der Waals surface area contributed by atoms with E-state index in [-0.39, 0.29) is 11.5 Å². The first-order chi connectivity index (χ1) is 11.1. The minimum Gasteiger partial charge on any atom is -0.507 e. The minimum atomic E-state index is 0.0301. The van der Waals surface area contributed by atoms with Crippen LogP contribution in [0.5, 0.6) is 28.7 Å². The second-order valence-corrected chi connectivity index (χ2v) is 4.84. The summed E-state index contributed by atoms with van der Waals surface area (Å²) in [6.45, 7) is 0. The molecule has 0 bridgehead atoms. The summed E-state index contributed by atoms with van der Waals surface area (Å²) in [7, 11) is 4.58. The maximum Gasteiger partial charge on any atom is 0.203 e. The van der Waals surface area contributed by atoms with Crippen molar-refractivity contribution >= 4 is 6.08 Å². The standard InChI is InChI=1S/C18H20O5/c1-21-14-8-10-15(19)13(11-14)6-4-5-12-7-9-16(20)18(23-3)17(12)22-2/h4,6-11,19-20H,5H2,1-3H3. The summed E-state index contributed by atoms with van der Waals surface area (Å²) in [4.78, 5) is 0. The van der Waals surface area contributed by atoms with Gasteiger partial charge in [-0.2, -0.15) is 0 Å². The molecule has 0 heterocycles. The molecule has 5 nitrogen and oxygen atoms in total. The van der Waals surface area contributed by atoms with Crippen LogP contribution >= 0.6 is 0 Å². The summed E-state index contributed by atoms with van der Waals surface area (Å²) in [5.74, 6) is 1.68. The Morgan fingerprint density at radius 1 is 0.870 bits per heavy atom. The van der Waals surface area contributed by atoms with E-state index < -0.39 is 0 Å². The van der Waals surface area contributed by atoms with E-state index in [0.29, 0.717) is 29.2 Å². The molecule has 122 valence electrons. The maximum absolute atomic E-state index is 9.86. The highest BCUT2D eigenvalue weighted by Crippen LogP contribution is 2.39. The average Bonchev–Trinajstić information content (AvgIpc) is 2.57. The van der Waals surface area contributed by atoms with Crippen molar-refractivity contribution in [1.29, 1.82) is 0 Å². The molecular weight excluding hydrogens is 296 g/mol. The van der Waals surface area contributed by atoms with E-state index in [0.717, 1.165) is 5.56 Å². The summed E-state index contributed by atoms with van der Waals surface area (Å²) in [6.07, 6.45) is 4.25. The predicted molar refractivity (Wildman–Crippen MR) is 88.6 cm³/mol. The zero-order valence-corrected chi connectivity index (χ0v) is 13.4. The summed E-state index contributed by atoms with van der Waals surface area (Å²) in [5, 5.41) is 19.6. The second-order valence-electron chi connectivity index (χ2n) is 4.84. The number of benzene rings is 2. The third kappa shape index (κ3) is 3.69. The van der Waals surface area contributed by atoms with Crippen LogP contribution in [0.2, 0.25) is 0 Å². The van der Waals surface area contributed by atoms with E-state index in [1.807, 2.05) is 6.08 Å². The lowest BCUT2D eigenvalue weighted by Gasteiger charge is -2.12. The summed E-state index contributed by atoms with van der Waals surface area (Å²) < 4.78 is 15.6. The van der Waals surface area contributed by atoms with Crippen LogP contribution in [0.3, 0.4) is 0 Å². The molecule has 5 heteroatoms. The SMILES string of the molecule is COc1ccc(O)c(C=CCc2ccc(O)c(OC)c2OC)c1. The van der Waals surface area contributed by atoms with Crippen molar-refractivity contribution in [2.75, 3.05) is 21.3 Å². The molecule has 0 saturated carbocycles. The van der Waals surface area contributed by atoms with Crippen molar-refractivity contribution in [2.45, 2.75) is 6.42 Å². The normalized spacial score (nSPS) is 10.7. The van der Waals surface area contributed by atoms with Gasteiger partial charge in [0.15, 0.2) is 11.5 Å². The topological polar surface area (TPSA) is 68.2 Å². The van der Waals surface area contributed by atoms with E-state index in [1.54, 1.807) is 43.5 Å². The van der Waals surface area contributed by atoms with E-state index in [2.05, 4.69) is 0 Å². The van der Waals surface area contributed by atoms with Gasteiger partial charge in [0, 0.05) is 11.1 Å². The van der Waals surface area contributed by atoms with Gasteiger partial charge in [-0.1, -0.05) is 18.2 Å². The summed E-state index contributed by atoms with van der Waals surface area (Å²) >= 11 is 0. The Balaban J connectivity index is 2.24. The number of aromatic hydroxyl groups is 2. The van der Waals surface area contributed by atoms with Crippen molar-refractivity contribution in [1.82, 2.24) is 0 Å². The van der Waals surface area contributed by atoms with Gasteiger partial charge in [-0.15, -0.1) is 0 Å². The van der Waals surface area contributed by atoms with Crippen LogP contribution in [0.25, 0.3) is 6.08 Å². The first-order valence-electron chi connectivity index (χ1n) is 7.07. The van der Waals surface area contributed by atoms with Gasteiger partial charge in [-0.25, -0.2) is 0 Å². The Hall–Kier alpha value is -2.82. The Morgan fingerprint density at radius 2 is 1.57 bits per heavy atom. The number of phenolic OH excluding ortho intramolecular Hbond substituents is 2. The van der Waals surface area contributed by atoms with Crippen molar-refractivity contribution in [2.24, 2.45) is 0 Å². The van der Waals surface area contributed by atoms with Gasteiger partial charge in [-0.3, -0.25) is 0 Å². The largest absolute Gasteiger partial charge is 0.507 e. The molecule has 0 aliphatic rings. The molecule has 2 N–H and O–H groups in total. The lowest BCUT2D eigenvalue weighted by atomic mass is 10.1. The molecule has 0 aromatic heterocycles. The molecule has 0 amide bonds. The molecule has 0 unspecified atom stereocenters. The molecule has 0 aliphatic heterocycles. The fourth-order valence-corrected chi connectivity index (χ4v) is 2.28. The van der Waals surface area contributed by atoms with Gasteiger partial charge in [0.25, 0.3) is 0 Å². The highest BCUT2D eigenvalue weighted by Gasteiger charge is 2.13. The van der Waals surface area contributed by atoms with E-state index in [9.17, 15) is 10.2 Å². The number of phenols is 2. The quantitative estimate of drug-likeness (QED) is 0.855. The molecule has 0 atom stereocenters. The average molecular weight is 316 g/mol. The van der Waals surface area contributed by atoms with Gasteiger partial charge >= 0.3 is 0 Å². The van der Waals surface area contributed by atoms with Crippen LogP contribution < -0.4 is 14.2 Å². The van der Waals surface area contributed by atoms with E-state index >= 15 is 0 Å². The summed E-state index contributed by atoms with van der Waals surface area (Å²) in [5.41, 5.74) is 1.52. The zero-order valence-electron chi connectivity index (χ0n) is 13.4. The van der Waals surface area contributed by atoms with Gasteiger partial charge in [0.1, 0.15) is 11.5 Å². The first-order valence-corrected chi connectivity index (χ1v) is 7.07. The third-order valence-electron chi connectivity index (χ3n) is 3.45. The lowest BCUT2D eigenvalue weighted by Crippen LogP contribution is -1.95. The molecule has 0 saturated heterocycles. The molecule has 2 rings (SSSR count). The number of methoxy groups -OCH3 is 3. The van der Waals surface area contributed by atoms with Crippen molar-refractivity contribution in [3.8, 4) is 28.7 Å². The molecule has 0 aliphatic carbocycles. The molecule has 0 spiro atoms. The van der Waals surface area contributed by atoms with Crippen LogP contribution in [0.15, 0.2) is 36.4 Å². The second kappa shape index (κ2) is 7.45. The van der Waals surface area contributed by atoms with Crippen LogP contribution in [-0.2, 0) is 6.42 Å². The van der Waals surface area contributed by atoms with Crippen molar-refractivity contribution in [3.05, 3.63) is 47.5 Å². The Morgan fingerprint density at radius 3 is 2.22 bits per heavy atom. The minimum absolute atomic E-state index is 0.0301. The molecule has 2 aromatic rings. The monoisotopic (exact) mass is 316 g/mol. The Labute approximate surface area is 135 Å². The fourth-order valence-electron chi connectivity index (χ4n) is 2.28. The van der Waals surface area contributed by atoms with Crippen LogP contribution in [0.1, 0.15) is 11.1 Å². The molecule has 23 heavy (non-hydrogen) atoms. The fraction of sp³-hybridized carbons (Fsp3) is 0.222. The molecular formula is C18H20O5. The zero-order chi connectivity index (χ0) is 16.8. The summed E-state index contributed by atoms with van der Waals surface area (Å²) in [6, 6.07) is 8.36. The van der Waals surface area contributed by atoms with Crippen LogP contribution in [0.4, 0.5) is 0 Å². The van der Waals surface area contributed by atoms with Crippen LogP contribution in [-0.4, -0.2) is 31.5 Å². The van der Waals surface area contributed by atoms with E-state index in [1.165, 1.54) is 14.2 Å². The van der Waals surface area contributed by atoms with Gasteiger partial charge < -0.3 is 24.4 Å². The highest BCUT2D eigenvalue weighted by molar-refractivity contribution is 5.60. The Kier molecular flexibility index (Phi) is 5.36. The van der Waals surface area contributed by atoms with Crippen molar-refractivity contribution < 1.29 is 24.4 Å². The molecule has 0 radical (unpaired) electrons. The highest BCUT2D eigenvalue weighted by atomic mass is 16.5. The molecule has 0 fully saturated rings. The van der Waals surface area contributed by atoms with E-state index in [4.69, 9.17) is 14.2 Å². The number of rotatable bonds is 6. The number of hydrogen-bond acceptors (Lipinski definition) is 5. The number of ether oxygens (including phenoxy) is 3. The smallest absolute Gasteiger partial charge is 0.203 e.